The van der Waals surface area contributed by atoms with Gasteiger partial charge in [0.2, 0.25) is 5.91 Å². The van der Waals surface area contributed by atoms with Crippen LogP contribution in [-0.2, 0) is 9.53 Å². The molecule has 0 bridgehead atoms. The Kier molecular flexibility index (Phi) is 4.09. The van der Waals surface area contributed by atoms with E-state index in [0.717, 1.165) is 0 Å². The van der Waals surface area contributed by atoms with Gasteiger partial charge < -0.3 is 9.64 Å². The zero-order chi connectivity index (χ0) is 14.0. The van der Waals surface area contributed by atoms with Gasteiger partial charge in [0.15, 0.2) is 0 Å². The van der Waals surface area contributed by atoms with Crippen molar-refractivity contribution in [1.29, 1.82) is 0 Å². The van der Waals surface area contributed by atoms with Gasteiger partial charge in [-0.2, -0.15) is 12.6 Å². The molecule has 1 fully saturated rings. The molecule has 1 amide bonds. The van der Waals surface area contributed by atoms with E-state index in [4.69, 9.17) is 0 Å². The zero-order valence-electron chi connectivity index (χ0n) is 10.4. The molecule has 0 saturated carbocycles. The van der Waals surface area contributed by atoms with Gasteiger partial charge in [-0.15, -0.1) is 0 Å². The maximum atomic E-state index is 13.8. The normalized spacial score (nSPS) is 18.8. The van der Waals surface area contributed by atoms with Crippen molar-refractivity contribution in [3.05, 3.63) is 29.6 Å². The molecule has 0 aliphatic carbocycles. The molecule has 6 heteroatoms. The molecule has 1 aliphatic heterocycles. The lowest BCUT2D eigenvalue weighted by molar-refractivity contribution is -0.117. The molecule has 0 N–H and O–H groups in total. The Morgan fingerprint density at radius 3 is 2.89 bits per heavy atom. The lowest BCUT2D eigenvalue weighted by Gasteiger charge is -2.19. The summed E-state index contributed by atoms with van der Waals surface area (Å²) in [6.07, 6.45) is 0.362. The molecule has 1 unspecified atom stereocenters. The summed E-state index contributed by atoms with van der Waals surface area (Å²) in [6, 6.07) is 4.19. The van der Waals surface area contributed by atoms with Crippen molar-refractivity contribution in [2.75, 3.05) is 24.3 Å². The summed E-state index contributed by atoms with van der Waals surface area (Å²) in [7, 11) is 1.18. The molecule has 0 radical (unpaired) electrons. The highest BCUT2D eigenvalue weighted by Gasteiger charge is 2.33. The lowest BCUT2D eigenvalue weighted by Crippen LogP contribution is -2.27. The van der Waals surface area contributed by atoms with Gasteiger partial charge in [-0.1, -0.05) is 6.07 Å². The van der Waals surface area contributed by atoms with Crippen LogP contribution in [0.5, 0.6) is 0 Å². The molecule has 0 spiro atoms. The molecular weight excluding hydrogens is 269 g/mol. The number of anilines is 1. The summed E-state index contributed by atoms with van der Waals surface area (Å²) in [5.74, 6) is -0.911. The van der Waals surface area contributed by atoms with Crippen molar-refractivity contribution in [1.82, 2.24) is 0 Å². The standard InChI is InChI=1S/C13H14FNO3S/c1-18-13(17)12-9(14)3-2-4-10(12)15-6-8(7-19)5-11(15)16/h2-4,8,19H,5-7H2,1H3. The molecular formula is C13H14FNO3S. The van der Waals surface area contributed by atoms with Gasteiger partial charge in [-0.3, -0.25) is 4.79 Å². The SMILES string of the molecule is COC(=O)c1c(F)cccc1N1CC(CS)CC1=O. The van der Waals surface area contributed by atoms with Crippen LogP contribution >= 0.6 is 12.6 Å². The van der Waals surface area contributed by atoms with Crippen molar-refractivity contribution in [3.8, 4) is 0 Å². The highest BCUT2D eigenvalue weighted by atomic mass is 32.1. The molecule has 0 aromatic heterocycles. The highest BCUT2D eigenvalue weighted by Crippen LogP contribution is 2.30. The third-order valence-electron chi connectivity index (χ3n) is 3.14. The predicted molar refractivity (Wildman–Crippen MR) is 72.1 cm³/mol. The van der Waals surface area contributed by atoms with Crippen LogP contribution in [0.1, 0.15) is 16.8 Å². The highest BCUT2D eigenvalue weighted by molar-refractivity contribution is 7.80. The third-order valence-corrected chi connectivity index (χ3v) is 3.65. The number of esters is 1. The predicted octanol–water partition coefficient (Wildman–Crippen LogP) is 1.89. The second-order valence-electron chi connectivity index (χ2n) is 4.38. The number of carbonyl (C=O) groups excluding carboxylic acids is 2. The second kappa shape index (κ2) is 5.61. The number of benzene rings is 1. The van der Waals surface area contributed by atoms with Gasteiger partial charge in [0, 0.05) is 13.0 Å². The fourth-order valence-electron chi connectivity index (χ4n) is 2.18. The monoisotopic (exact) mass is 283 g/mol. The van der Waals surface area contributed by atoms with Gasteiger partial charge in [-0.05, 0) is 23.8 Å². The topological polar surface area (TPSA) is 46.6 Å². The van der Waals surface area contributed by atoms with E-state index in [-0.39, 0.29) is 23.1 Å². The first-order chi connectivity index (χ1) is 9.08. The summed E-state index contributed by atoms with van der Waals surface area (Å²) in [4.78, 5) is 25.0. The van der Waals surface area contributed by atoms with Crippen LogP contribution in [0, 0.1) is 11.7 Å². The fourth-order valence-corrected chi connectivity index (χ4v) is 2.42. The number of amides is 1. The molecule has 1 aromatic rings. The number of methoxy groups -OCH3 is 1. The van der Waals surface area contributed by atoms with E-state index in [9.17, 15) is 14.0 Å². The van der Waals surface area contributed by atoms with Crippen molar-refractivity contribution in [2.45, 2.75) is 6.42 Å². The smallest absolute Gasteiger partial charge is 0.343 e. The van der Waals surface area contributed by atoms with Crippen molar-refractivity contribution in [2.24, 2.45) is 5.92 Å². The lowest BCUT2D eigenvalue weighted by atomic mass is 10.1. The van der Waals surface area contributed by atoms with Crippen molar-refractivity contribution < 1.29 is 18.7 Å². The molecule has 4 nitrogen and oxygen atoms in total. The first-order valence-electron chi connectivity index (χ1n) is 5.86. The number of halogens is 1. The van der Waals surface area contributed by atoms with Crippen molar-refractivity contribution >= 4 is 30.2 Å². The summed E-state index contributed by atoms with van der Waals surface area (Å²) in [5.41, 5.74) is 0.0688. The van der Waals surface area contributed by atoms with E-state index < -0.39 is 11.8 Å². The molecule has 1 heterocycles. The number of carbonyl (C=O) groups is 2. The van der Waals surface area contributed by atoms with E-state index in [2.05, 4.69) is 17.4 Å². The third kappa shape index (κ3) is 2.58. The van der Waals surface area contributed by atoms with E-state index >= 15 is 0 Å². The Hall–Kier alpha value is -1.56. The molecule has 1 atom stereocenters. The van der Waals surface area contributed by atoms with Crippen molar-refractivity contribution in [3.63, 3.8) is 0 Å². The molecule has 1 aliphatic rings. The average Bonchev–Trinajstić information content (AvgIpc) is 2.79. The van der Waals surface area contributed by atoms with E-state index in [1.54, 1.807) is 6.07 Å². The molecule has 2 rings (SSSR count). The van der Waals surface area contributed by atoms with Gasteiger partial charge in [0.25, 0.3) is 0 Å². The Balaban J connectivity index is 2.43. The minimum absolute atomic E-state index is 0.115. The largest absolute Gasteiger partial charge is 0.465 e. The maximum Gasteiger partial charge on any atom is 0.343 e. The van der Waals surface area contributed by atoms with Crippen LogP contribution in [0.2, 0.25) is 0 Å². The Labute approximate surface area is 115 Å². The Bertz CT molecular complexity index is 521. The number of rotatable bonds is 3. The summed E-state index contributed by atoms with van der Waals surface area (Å²) in [6.45, 7) is 0.440. The number of hydrogen-bond donors (Lipinski definition) is 1. The minimum Gasteiger partial charge on any atom is -0.465 e. The zero-order valence-corrected chi connectivity index (χ0v) is 11.3. The van der Waals surface area contributed by atoms with E-state index in [1.807, 2.05) is 0 Å². The van der Waals surface area contributed by atoms with E-state index in [0.29, 0.717) is 18.7 Å². The van der Waals surface area contributed by atoms with E-state index in [1.165, 1.54) is 24.1 Å². The van der Waals surface area contributed by atoms with Crippen LogP contribution < -0.4 is 4.90 Å². The van der Waals surface area contributed by atoms with Crippen LogP contribution in [-0.4, -0.2) is 31.3 Å². The molecule has 102 valence electrons. The van der Waals surface area contributed by atoms with Crippen LogP contribution in [0.25, 0.3) is 0 Å². The Morgan fingerprint density at radius 1 is 1.58 bits per heavy atom. The average molecular weight is 283 g/mol. The number of ether oxygens (including phenoxy) is 1. The molecule has 1 aromatic carbocycles. The maximum absolute atomic E-state index is 13.8. The molecule has 19 heavy (non-hydrogen) atoms. The first-order valence-corrected chi connectivity index (χ1v) is 6.49. The molecule has 1 saturated heterocycles. The fraction of sp³-hybridized carbons (Fsp3) is 0.385. The van der Waals surface area contributed by atoms with Gasteiger partial charge in [0.05, 0.1) is 12.8 Å². The number of thiol groups is 1. The number of nitrogens with zero attached hydrogens (tertiary/aromatic N) is 1. The summed E-state index contributed by atoms with van der Waals surface area (Å²) in [5, 5.41) is 0. The van der Waals surface area contributed by atoms with Gasteiger partial charge in [-0.25, -0.2) is 9.18 Å². The second-order valence-corrected chi connectivity index (χ2v) is 4.75. The first kappa shape index (κ1) is 13.9. The Morgan fingerprint density at radius 2 is 2.32 bits per heavy atom. The quantitative estimate of drug-likeness (QED) is 0.681. The summed E-state index contributed by atoms with van der Waals surface area (Å²) >= 11 is 4.17. The van der Waals surface area contributed by atoms with Crippen LogP contribution in [0.3, 0.4) is 0 Å². The number of hydrogen-bond acceptors (Lipinski definition) is 4. The van der Waals surface area contributed by atoms with Gasteiger partial charge >= 0.3 is 5.97 Å². The minimum atomic E-state index is -0.782. The summed E-state index contributed by atoms with van der Waals surface area (Å²) < 4.78 is 18.4. The van der Waals surface area contributed by atoms with Crippen LogP contribution in [0.15, 0.2) is 18.2 Å². The van der Waals surface area contributed by atoms with Gasteiger partial charge in [0.1, 0.15) is 11.4 Å². The van der Waals surface area contributed by atoms with Crippen LogP contribution in [0.4, 0.5) is 10.1 Å².